The van der Waals surface area contributed by atoms with Gasteiger partial charge in [-0.25, -0.2) is 13.1 Å². The number of nitrogens with one attached hydrogen (secondary N) is 2. The van der Waals surface area contributed by atoms with Crippen LogP contribution in [0.15, 0.2) is 23.1 Å². The molecule has 0 saturated heterocycles. The summed E-state index contributed by atoms with van der Waals surface area (Å²) in [6.45, 7) is 1.41. The summed E-state index contributed by atoms with van der Waals surface area (Å²) in [6, 6.07) is 4.76. The number of nitrogen functional groups attached to an aromatic ring is 1. The molecule has 0 heterocycles. The third kappa shape index (κ3) is 3.68. The fraction of sp³-hybridized carbons (Fsp3) is 0.417. The monoisotopic (exact) mass is 283 g/mol. The average Bonchev–Trinajstić information content (AvgIpc) is 3.10. The van der Waals surface area contributed by atoms with Crippen LogP contribution in [0.4, 0.5) is 5.69 Å². The minimum Gasteiger partial charge on any atom is -0.399 e. The number of anilines is 1. The predicted octanol–water partition coefficient (Wildman–Crippen LogP) is 0.134. The zero-order chi connectivity index (χ0) is 14.0. The highest BCUT2D eigenvalue weighted by Gasteiger charge is 2.24. The summed E-state index contributed by atoms with van der Waals surface area (Å²) in [5.74, 6) is -0.306. The Kier molecular flexibility index (Phi) is 3.77. The van der Waals surface area contributed by atoms with Gasteiger partial charge in [0.05, 0.1) is 11.4 Å². The highest BCUT2D eigenvalue weighted by molar-refractivity contribution is 7.89. The SMILES string of the molecule is Cc1cc(N)ccc1S(=O)(=O)NCC(=O)NC1CC1. The van der Waals surface area contributed by atoms with Crippen molar-refractivity contribution >= 4 is 21.6 Å². The number of benzene rings is 1. The normalized spacial score (nSPS) is 15.2. The number of carbonyl (C=O) groups is 1. The van der Waals surface area contributed by atoms with Gasteiger partial charge in [-0.15, -0.1) is 0 Å². The highest BCUT2D eigenvalue weighted by Crippen LogP contribution is 2.19. The van der Waals surface area contributed by atoms with Crippen LogP contribution in [-0.2, 0) is 14.8 Å². The van der Waals surface area contributed by atoms with E-state index in [2.05, 4.69) is 10.0 Å². The summed E-state index contributed by atoms with van der Waals surface area (Å²) in [6.07, 6.45) is 1.94. The zero-order valence-electron chi connectivity index (χ0n) is 10.6. The van der Waals surface area contributed by atoms with Crippen LogP contribution >= 0.6 is 0 Å². The van der Waals surface area contributed by atoms with E-state index in [1.807, 2.05) is 0 Å². The number of aryl methyl sites for hydroxylation is 1. The highest BCUT2D eigenvalue weighted by atomic mass is 32.2. The van der Waals surface area contributed by atoms with Crippen LogP contribution in [0.1, 0.15) is 18.4 Å². The van der Waals surface area contributed by atoms with Crippen LogP contribution in [0.2, 0.25) is 0 Å². The van der Waals surface area contributed by atoms with Crippen molar-refractivity contribution in [3.05, 3.63) is 23.8 Å². The molecule has 19 heavy (non-hydrogen) atoms. The van der Waals surface area contributed by atoms with E-state index in [4.69, 9.17) is 5.73 Å². The number of sulfonamides is 1. The molecule has 0 radical (unpaired) electrons. The third-order valence-corrected chi connectivity index (χ3v) is 4.42. The number of carbonyl (C=O) groups excluding carboxylic acids is 1. The second-order valence-corrected chi connectivity index (χ2v) is 6.43. The Balaban J connectivity index is 2.02. The van der Waals surface area contributed by atoms with Gasteiger partial charge in [0.25, 0.3) is 0 Å². The topological polar surface area (TPSA) is 101 Å². The molecule has 4 N–H and O–H groups in total. The summed E-state index contributed by atoms with van der Waals surface area (Å²) in [7, 11) is -3.68. The minimum absolute atomic E-state index is 0.140. The number of hydrogen-bond acceptors (Lipinski definition) is 4. The lowest BCUT2D eigenvalue weighted by molar-refractivity contribution is -0.120. The molecule has 1 aliphatic rings. The Bertz CT molecular complexity index is 594. The van der Waals surface area contributed by atoms with Gasteiger partial charge in [-0.05, 0) is 43.5 Å². The first kappa shape index (κ1) is 13.8. The molecule has 0 unspecified atom stereocenters. The van der Waals surface area contributed by atoms with Crippen molar-refractivity contribution in [2.75, 3.05) is 12.3 Å². The predicted molar refractivity (Wildman–Crippen MR) is 71.9 cm³/mol. The van der Waals surface area contributed by atoms with Gasteiger partial charge in [0.1, 0.15) is 0 Å². The lowest BCUT2D eigenvalue weighted by Crippen LogP contribution is -2.38. The van der Waals surface area contributed by atoms with E-state index in [1.54, 1.807) is 13.0 Å². The van der Waals surface area contributed by atoms with Gasteiger partial charge in [-0.3, -0.25) is 4.79 Å². The van der Waals surface area contributed by atoms with Gasteiger partial charge in [-0.1, -0.05) is 0 Å². The van der Waals surface area contributed by atoms with E-state index < -0.39 is 10.0 Å². The summed E-state index contributed by atoms with van der Waals surface area (Å²) < 4.78 is 26.4. The Labute approximate surface area is 112 Å². The van der Waals surface area contributed by atoms with Crippen molar-refractivity contribution in [1.82, 2.24) is 10.0 Å². The molecular formula is C12H17N3O3S. The minimum atomic E-state index is -3.68. The number of rotatable bonds is 5. The van der Waals surface area contributed by atoms with E-state index in [-0.39, 0.29) is 23.4 Å². The van der Waals surface area contributed by atoms with Crippen LogP contribution in [0.5, 0.6) is 0 Å². The largest absolute Gasteiger partial charge is 0.399 e. The maximum absolute atomic E-state index is 12.0. The number of amides is 1. The molecule has 0 atom stereocenters. The molecule has 7 heteroatoms. The Hall–Kier alpha value is -1.60. The van der Waals surface area contributed by atoms with Crippen LogP contribution in [0.25, 0.3) is 0 Å². The molecule has 6 nitrogen and oxygen atoms in total. The quantitative estimate of drug-likeness (QED) is 0.669. The molecule has 1 amide bonds. The zero-order valence-corrected chi connectivity index (χ0v) is 11.5. The van der Waals surface area contributed by atoms with Crippen molar-refractivity contribution in [3.8, 4) is 0 Å². The molecule has 1 aromatic carbocycles. The van der Waals surface area contributed by atoms with Crippen molar-refractivity contribution in [1.29, 1.82) is 0 Å². The van der Waals surface area contributed by atoms with Gasteiger partial charge in [0, 0.05) is 11.7 Å². The average molecular weight is 283 g/mol. The van der Waals surface area contributed by atoms with E-state index in [1.165, 1.54) is 12.1 Å². The first-order valence-corrected chi connectivity index (χ1v) is 7.52. The van der Waals surface area contributed by atoms with Crippen molar-refractivity contribution < 1.29 is 13.2 Å². The molecule has 0 spiro atoms. The molecule has 1 aromatic rings. The van der Waals surface area contributed by atoms with Gasteiger partial charge >= 0.3 is 0 Å². The van der Waals surface area contributed by atoms with Crippen LogP contribution in [0, 0.1) is 6.92 Å². The molecule has 1 saturated carbocycles. The van der Waals surface area contributed by atoms with Gasteiger partial charge in [-0.2, -0.15) is 0 Å². The van der Waals surface area contributed by atoms with Crippen molar-refractivity contribution in [3.63, 3.8) is 0 Å². The molecule has 104 valence electrons. The summed E-state index contributed by atoms with van der Waals surface area (Å²) in [5.41, 5.74) is 6.63. The van der Waals surface area contributed by atoms with E-state index in [0.717, 1.165) is 12.8 Å². The second kappa shape index (κ2) is 5.18. The first-order valence-electron chi connectivity index (χ1n) is 6.03. The van der Waals surface area contributed by atoms with Crippen molar-refractivity contribution in [2.24, 2.45) is 0 Å². The van der Waals surface area contributed by atoms with Crippen LogP contribution < -0.4 is 15.8 Å². The number of hydrogen-bond donors (Lipinski definition) is 3. The van der Waals surface area contributed by atoms with Crippen molar-refractivity contribution in [2.45, 2.75) is 30.7 Å². The third-order valence-electron chi connectivity index (χ3n) is 2.85. The Morgan fingerprint density at radius 2 is 2.11 bits per heavy atom. The second-order valence-electron chi connectivity index (χ2n) is 4.69. The molecule has 1 aliphatic carbocycles. The molecular weight excluding hydrogens is 266 g/mol. The molecule has 0 aromatic heterocycles. The Morgan fingerprint density at radius 3 is 2.68 bits per heavy atom. The molecule has 1 fully saturated rings. The lowest BCUT2D eigenvalue weighted by atomic mass is 10.2. The van der Waals surface area contributed by atoms with E-state index in [0.29, 0.717) is 11.3 Å². The fourth-order valence-corrected chi connectivity index (χ4v) is 2.93. The van der Waals surface area contributed by atoms with Gasteiger partial charge in [0.2, 0.25) is 15.9 Å². The summed E-state index contributed by atoms with van der Waals surface area (Å²) in [5, 5.41) is 2.72. The lowest BCUT2D eigenvalue weighted by Gasteiger charge is -2.10. The Morgan fingerprint density at radius 1 is 1.42 bits per heavy atom. The maximum Gasteiger partial charge on any atom is 0.241 e. The summed E-state index contributed by atoms with van der Waals surface area (Å²) in [4.78, 5) is 11.6. The standard InChI is InChI=1S/C12H17N3O3S/c1-8-6-9(13)2-5-11(8)19(17,18)14-7-12(16)15-10-3-4-10/h2,5-6,10,14H,3-4,7,13H2,1H3,(H,15,16). The van der Waals surface area contributed by atoms with Gasteiger partial charge in [0.15, 0.2) is 0 Å². The number of nitrogens with two attached hydrogens (primary N) is 1. The summed E-state index contributed by atoms with van der Waals surface area (Å²) >= 11 is 0. The van der Waals surface area contributed by atoms with Gasteiger partial charge < -0.3 is 11.1 Å². The molecule has 0 aliphatic heterocycles. The molecule has 0 bridgehead atoms. The van der Waals surface area contributed by atoms with Crippen LogP contribution in [-0.4, -0.2) is 26.9 Å². The molecule has 2 rings (SSSR count). The fourth-order valence-electron chi connectivity index (χ4n) is 1.72. The smallest absolute Gasteiger partial charge is 0.241 e. The maximum atomic E-state index is 12.0. The van der Waals surface area contributed by atoms with E-state index >= 15 is 0 Å². The van der Waals surface area contributed by atoms with Crippen LogP contribution in [0.3, 0.4) is 0 Å². The first-order chi connectivity index (χ1) is 8.88. The van der Waals surface area contributed by atoms with E-state index in [9.17, 15) is 13.2 Å².